The van der Waals surface area contributed by atoms with E-state index in [0.717, 1.165) is 0 Å². The van der Waals surface area contributed by atoms with Gasteiger partial charge in [0, 0.05) is 12.5 Å². The van der Waals surface area contributed by atoms with E-state index in [4.69, 9.17) is 14.6 Å². The first-order valence-corrected chi connectivity index (χ1v) is 7.48. The first-order valence-electron chi connectivity index (χ1n) is 7.48. The van der Waals surface area contributed by atoms with E-state index in [9.17, 15) is 25.5 Å². The summed E-state index contributed by atoms with van der Waals surface area (Å²) < 4.78 is 10.9. The number of aliphatic hydroxyl groups excluding tert-OH is 6. The molecule has 2 aliphatic rings. The van der Waals surface area contributed by atoms with Gasteiger partial charge in [0.1, 0.15) is 24.4 Å². The first-order chi connectivity index (χ1) is 10.2. The molecule has 8 heteroatoms. The Balaban J connectivity index is 2.11. The van der Waals surface area contributed by atoms with E-state index < -0.39 is 54.9 Å². The highest BCUT2D eigenvalue weighted by molar-refractivity contribution is 4.98. The molecule has 0 aromatic rings. The van der Waals surface area contributed by atoms with Crippen molar-refractivity contribution in [3.05, 3.63) is 0 Å². The van der Waals surface area contributed by atoms with Crippen molar-refractivity contribution < 1.29 is 40.1 Å². The van der Waals surface area contributed by atoms with Gasteiger partial charge in [-0.3, -0.25) is 0 Å². The van der Waals surface area contributed by atoms with Crippen LogP contribution in [-0.2, 0) is 9.47 Å². The van der Waals surface area contributed by atoms with E-state index in [1.165, 1.54) is 0 Å². The number of ether oxygens (including phenoxy) is 2. The van der Waals surface area contributed by atoms with E-state index >= 15 is 0 Å². The van der Waals surface area contributed by atoms with Gasteiger partial charge in [0.25, 0.3) is 0 Å². The molecule has 22 heavy (non-hydrogen) atoms. The molecule has 0 bridgehead atoms. The molecule has 1 aliphatic heterocycles. The Morgan fingerprint density at radius 1 is 1.00 bits per heavy atom. The third-order valence-electron chi connectivity index (χ3n) is 4.74. The molecule has 1 saturated carbocycles. The minimum Gasteiger partial charge on any atom is -0.396 e. The Morgan fingerprint density at radius 2 is 1.64 bits per heavy atom. The Morgan fingerprint density at radius 3 is 2.18 bits per heavy atom. The topological polar surface area (TPSA) is 140 Å². The zero-order valence-corrected chi connectivity index (χ0v) is 12.7. The summed E-state index contributed by atoms with van der Waals surface area (Å²) >= 11 is 0. The van der Waals surface area contributed by atoms with Gasteiger partial charge in [0.15, 0.2) is 6.29 Å². The Bertz CT molecular complexity index is 374. The molecule has 7 unspecified atom stereocenters. The molecule has 0 aromatic carbocycles. The average molecular weight is 322 g/mol. The second kappa shape index (κ2) is 6.66. The lowest BCUT2D eigenvalue weighted by Gasteiger charge is -2.41. The fraction of sp³-hybridized carbons (Fsp3) is 1.00. The smallest absolute Gasteiger partial charge is 0.187 e. The number of rotatable bonds is 4. The highest BCUT2D eigenvalue weighted by Crippen LogP contribution is 2.43. The molecule has 2 fully saturated rings. The molecule has 0 amide bonds. The van der Waals surface area contributed by atoms with Crippen LogP contribution in [-0.4, -0.2) is 86.8 Å². The summed E-state index contributed by atoms with van der Waals surface area (Å²) in [6.45, 7) is 2.95. The van der Waals surface area contributed by atoms with Gasteiger partial charge in [0.2, 0.25) is 0 Å². The van der Waals surface area contributed by atoms with Crippen LogP contribution in [0.25, 0.3) is 0 Å². The van der Waals surface area contributed by atoms with Crippen LogP contribution in [0.5, 0.6) is 0 Å². The predicted molar refractivity (Wildman–Crippen MR) is 73.6 cm³/mol. The highest BCUT2D eigenvalue weighted by Gasteiger charge is 2.51. The van der Waals surface area contributed by atoms with Gasteiger partial charge in [-0.15, -0.1) is 0 Å². The maximum atomic E-state index is 10.3. The highest BCUT2D eigenvalue weighted by atomic mass is 16.7. The van der Waals surface area contributed by atoms with Crippen LogP contribution in [0.4, 0.5) is 0 Å². The molecule has 1 saturated heterocycles. The van der Waals surface area contributed by atoms with Crippen molar-refractivity contribution >= 4 is 0 Å². The van der Waals surface area contributed by atoms with Gasteiger partial charge in [-0.1, -0.05) is 13.8 Å². The summed E-state index contributed by atoms with van der Waals surface area (Å²) in [6, 6.07) is 0. The van der Waals surface area contributed by atoms with Crippen LogP contribution in [0.1, 0.15) is 20.3 Å². The molecule has 0 aromatic heterocycles. The lowest BCUT2D eigenvalue weighted by molar-refractivity contribution is -0.320. The number of aliphatic hydroxyl groups is 6. The molecule has 1 heterocycles. The van der Waals surface area contributed by atoms with E-state index in [1.54, 1.807) is 0 Å². The molecule has 0 radical (unpaired) electrons. The molecule has 130 valence electrons. The normalized spacial score (nSPS) is 48.5. The molecular formula is C14H26O8. The monoisotopic (exact) mass is 322 g/mol. The van der Waals surface area contributed by atoms with Gasteiger partial charge < -0.3 is 40.1 Å². The van der Waals surface area contributed by atoms with Crippen LogP contribution in [0.15, 0.2) is 0 Å². The van der Waals surface area contributed by atoms with Crippen LogP contribution in [0, 0.1) is 11.3 Å². The van der Waals surface area contributed by atoms with Crippen LogP contribution < -0.4 is 0 Å². The van der Waals surface area contributed by atoms with Crippen molar-refractivity contribution in [3.63, 3.8) is 0 Å². The predicted octanol–water partition coefficient (Wildman–Crippen LogP) is -2.43. The summed E-state index contributed by atoms with van der Waals surface area (Å²) in [5, 5.41) is 58.4. The molecular weight excluding hydrogens is 296 g/mol. The zero-order chi connectivity index (χ0) is 16.7. The minimum absolute atomic E-state index is 0.192. The van der Waals surface area contributed by atoms with Crippen LogP contribution >= 0.6 is 0 Å². The standard InChI is InChI=1S/C14H26O8/c1-14(2)3-6(4-15)11(12(14)20)22-13-10(19)9(18)8(17)7(5-16)21-13/h6-13,15-20H,3-5H2,1-2H3/t6-,7?,8?,9?,10?,11?,12?,13?/m1/s1. The summed E-state index contributed by atoms with van der Waals surface area (Å²) in [5.41, 5.74) is -0.466. The SMILES string of the molecule is CC1(C)C[C@H](CO)C(OC2OC(CO)C(O)C(O)C2O)C1O. The second-order valence-electron chi connectivity index (χ2n) is 6.88. The fourth-order valence-corrected chi connectivity index (χ4v) is 3.30. The van der Waals surface area contributed by atoms with Crippen molar-refractivity contribution in [2.24, 2.45) is 11.3 Å². The number of hydrogen-bond acceptors (Lipinski definition) is 8. The summed E-state index contributed by atoms with van der Waals surface area (Å²) in [5.74, 6) is -0.336. The second-order valence-corrected chi connectivity index (χ2v) is 6.88. The Hall–Kier alpha value is -0.320. The van der Waals surface area contributed by atoms with E-state index in [1.807, 2.05) is 13.8 Å². The van der Waals surface area contributed by atoms with Crippen molar-refractivity contribution in [3.8, 4) is 0 Å². The van der Waals surface area contributed by atoms with E-state index in [-0.39, 0.29) is 12.5 Å². The summed E-state index contributed by atoms with van der Waals surface area (Å²) in [4.78, 5) is 0. The average Bonchev–Trinajstić information content (AvgIpc) is 2.70. The summed E-state index contributed by atoms with van der Waals surface area (Å²) in [7, 11) is 0. The Labute approximate surface area is 128 Å². The van der Waals surface area contributed by atoms with E-state index in [0.29, 0.717) is 6.42 Å². The molecule has 2 rings (SSSR count). The van der Waals surface area contributed by atoms with Gasteiger partial charge in [-0.25, -0.2) is 0 Å². The van der Waals surface area contributed by atoms with Crippen molar-refractivity contribution in [2.45, 2.75) is 63.2 Å². The van der Waals surface area contributed by atoms with Crippen molar-refractivity contribution in [1.29, 1.82) is 0 Å². The van der Waals surface area contributed by atoms with Crippen LogP contribution in [0.2, 0.25) is 0 Å². The third-order valence-corrected chi connectivity index (χ3v) is 4.74. The van der Waals surface area contributed by atoms with Crippen LogP contribution in [0.3, 0.4) is 0 Å². The molecule has 8 nitrogen and oxygen atoms in total. The van der Waals surface area contributed by atoms with Gasteiger partial charge >= 0.3 is 0 Å². The van der Waals surface area contributed by atoms with E-state index in [2.05, 4.69) is 0 Å². The summed E-state index contributed by atoms with van der Waals surface area (Å²) in [6.07, 6.45) is -8.01. The fourth-order valence-electron chi connectivity index (χ4n) is 3.30. The molecule has 1 aliphatic carbocycles. The lowest BCUT2D eigenvalue weighted by Crippen LogP contribution is -2.60. The van der Waals surface area contributed by atoms with Gasteiger partial charge in [-0.2, -0.15) is 0 Å². The lowest BCUT2D eigenvalue weighted by atomic mass is 9.88. The maximum Gasteiger partial charge on any atom is 0.187 e. The largest absolute Gasteiger partial charge is 0.396 e. The Kier molecular flexibility index (Phi) is 5.46. The number of hydrogen-bond donors (Lipinski definition) is 6. The van der Waals surface area contributed by atoms with Gasteiger partial charge in [-0.05, 0) is 11.8 Å². The molecule has 6 N–H and O–H groups in total. The first kappa shape index (κ1) is 18.0. The quantitative estimate of drug-likeness (QED) is 0.336. The maximum absolute atomic E-state index is 10.3. The minimum atomic E-state index is -1.53. The van der Waals surface area contributed by atoms with Crippen molar-refractivity contribution in [2.75, 3.05) is 13.2 Å². The van der Waals surface area contributed by atoms with Gasteiger partial charge in [0.05, 0.1) is 18.8 Å². The molecule has 0 spiro atoms. The zero-order valence-electron chi connectivity index (χ0n) is 12.7. The third kappa shape index (κ3) is 3.15. The van der Waals surface area contributed by atoms with Crippen molar-refractivity contribution in [1.82, 2.24) is 0 Å². The molecule has 8 atom stereocenters.